The molecule has 3 aromatic carbocycles. The first-order chi connectivity index (χ1) is 14.8. The molecule has 1 aliphatic rings. The van der Waals surface area contributed by atoms with Crippen molar-refractivity contribution < 1.29 is 14.3 Å². The Labute approximate surface area is 177 Å². The maximum absolute atomic E-state index is 12.8. The molecular weight excluding hydrogens is 398 g/mol. The van der Waals surface area contributed by atoms with Gasteiger partial charge >= 0.3 is 0 Å². The van der Waals surface area contributed by atoms with E-state index in [-0.39, 0.29) is 12.7 Å². The topological polar surface area (TPSA) is 76.2 Å². The lowest BCUT2D eigenvalue weighted by Crippen LogP contribution is -2.12. The summed E-state index contributed by atoms with van der Waals surface area (Å²) in [4.78, 5) is 14.9. The normalized spacial score (nSPS) is 12.0. The van der Waals surface area contributed by atoms with E-state index in [1.165, 1.54) is 0 Å². The van der Waals surface area contributed by atoms with Crippen molar-refractivity contribution in [2.45, 2.75) is 9.79 Å². The van der Waals surface area contributed by atoms with E-state index in [1.54, 1.807) is 17.8 Å². The summed E-state index contributed by atoms with van der Waals surface area (Å²) < 4.78 is 10.8. The summed E-state index contributed by atoms with van der Waals surface area (Å²) >= 11 is 1.60. The van der Waals surface area contributed by atoms with Gasteiger partial charge in [-0.05, 0) is 48.5 Å². The fourth-order valence-corrected chi connectivity index (χ4v) is 4.03. The van der Waals surface area contributed by atoms with Crippen molar-refractivity contribution in [2.24, 2.45) is 0 Å². The number of nitrogens with one attached hydrogen (secondary N) is 2. The van der Waals surface area contributed by atoms with Gasteiger partial charge in [-0.15, -0.1) is 0 Å². The Kier molecular flexibility index (Phi) is 4.86. The lowest BCUT2D eigenvalue weighted by atomic mass is 10.1. The Morgan fingerprint density at radius 1 is 0.933 bits per heavy atom. The molecule has 5 rings (SSSR count). The number of carbonyl (C=O) groups is 1. The monoisotopic (exact) mass is 415 g/mol. The number of amides is 1. The lowest BCUT2D eigenvalue weighted by Gasteiger charge is -2.10. The summed E-state index contributed by atoms with van der Waals surface area (Å²) in [5.41, 5.74) is 2.62. The van der Waals surface area contributed by atoms with E-state index in [2.05, 4.69) is 15.5 Å². The zero-order valence-electron chi connectivity index (χ0n) is 15.8. The number of benzene rings is 3. The number of fused-ring (bicyclic) bond motifs is 1. The van der Waals surface area contributed by atoms with Gasteiger partial charge in [0.1, 0.15) is 5.69 Å². The molecule has 4 aromatic rings. The molecule has 1 aromatic heterocycles. The molecule has 0 spiro atoms. The summed E-state index contributed by atoms with van der Waals surface area (Å²) in [5.74, 6) is 1.13. The van der Waals surface area contributed by atoms with Crippen LogP contribution in [0.15, 0.2) is 88.7 Å². The van der Waals surface area contributed by atoms with E-state index in [0.29, 0.717) is 22.9 Å². The van der Waals surface area contributed by atoms with Gasteiger partial charge in [-0.2, -0.15) is 5.10 Å². The maximum Gasteiger partial charge on any atom is 0.273 e. The molecule has 30 heavy (non-hydrogen) atoms. The van der Waals surface area contributed by atoms with Crippen molar-refractivity contribution >= 4 is 23.4 Å². The number of nitrogens with zero attached hydrogens (tertiary/aromatic N) is 1. The number of H-pyrrole nitrogens is 1. The molecule has 0 radical (unpaired) electrons. The van der Waals surface area contributed by atoms with Crippen LogP contribution in [-0.2, 0) is 0 Å². The summed E-state index contributed by atoms with van der Waals surface area (Å²) in [6, 6.07) is 25.1. The third kappa shape index (κ3) is 3.75. The maximum atomic E-state index is 12.8. The number of aromatic amines is 1. The van der Waals surface area contributed by atoms with Gasteiger partial charge < -0.3 is 14.8 Å². The number of anilines is 1. The van der Waals surface area contributed by atoms with E-state index in [1.807, 2.05) is 72.8 Å². The smallest absolute Gasteiger partial charge is 0.273 e. The van der Waals surface area contributed by atoms with Crippen LogP contribution in [0.4, 0.5) is 5.69 Å². The minimum Gasteiger partial charge on any atom is -0.454 e. The molecule has 0 saturated heterocycles. The highest BCUT2D eigenvalue weighted by Crippen LogP contribution is 2.36. The van der Waals surface area contributed by atoms with Crippen LogP contribution in [0.1, 0.15) is 10.5 Å². The molecule has 0 aliphatic carbocycles. The first-order valence-electron chi connectivity index (χ1n) is 9.35. The van der Waals surface area contributed by atoms with Gasteiger partial charge in [0.2, 0.25) is 6.79 Å². The number of ether oxygens (including phenoxy) is 2. The van der Waals surface area contributed by atoms with Gasteiger partial charge in [0, 0.05) is 15.4 Å². The van der Waals surface area contributed by atoms with Crippen molar-refractivity contribution in [1.29, 1.82) is 0 Å². The van der Waals surface area contributed by atoms with E-state index >= 15 is 0 Å². The predicted molar refractivity (Wildman–Crippen MR) is 115 cm³/mol. The van der Waals surface area contributed by atoms with Crippen molar-refractivity contribution in [3.05, 3.63) is 84.6 Å². The van der Waals surface area contributed by atoms with Gasteiger partial charge in [-0.1, -0.05) is 42.1 Å². The van der Waals surface area contributed by atoms with E-state index < -0.39 is 0 Å². The number of rotatable bonds is 5. The van der Waals surface area contributed by atoms with Crippen LogP contribution < -0.4 is 14.8 Å². The standard InChI is InChI=1S/C23H17N3O3S/c27-23(24-17-8-4-5-9-22(17)30-16-6-2-1-3-7-16)19-13-18(25-26-19)15-10-11-20-21(12-15)29-14-28-20/h1-13H,14H2,(H,24,27)(H,25,26). The predicted octanol–water partition coefficient (Wildman–Crippen LogP) is 5.21. The first kappa shape index (κ1) is 18.3. The van der Waals surface area contributed by atoms with Crippen molar-refractivity contribution in [3.63, 3.8) is 0 Å². The first-order valence-corrected chi connectivity index (χ1v) is 10.2. The third-order valence-corrected chi connectivity index (χ3v) is 5.68. The number of para-hydroxylation sites is 1. The highest BCUT2D eigenvalue weighted by Gasteiger charge is 2.17. The highest BCUT2D eigenvalue weighted by molar-refractivity contribution is 7.99. The number of carbonyl (C=O) groups excluding carboxylic acids is 1. The third-order valence-electron chi connectivity index (χ3n) is 4.60. The molecule has 7 heteroatoms. The number of hydrogen-bond acceptors (Lipinski definition) is 5. The molecule has 148 valence electrons. The van der Waals surface area contributed by atoms with E-state index in [0.717, 1.165) is 21.0 Å². The van der Waals surface area contributed by atoms with Gasteiger partial charge in [0.15, 0.2) is 11.5 Å². The molecular formula is C23H17N3O3S. The molecule has 0 fully saturated rings. The van der Waals surface area contributed by atoms with Gasteiger partial charge in [0.25, 0.3) is 5.91 Å². The Balaban J connectivity index is 1.34. The summed E-state index contributed by atoms with van der Waals surface area (Å²) in [5, 5.41) is 10.1. The van der Waals surface area contributed by atoms with Gasteiger partial charge in [-0.25, -0.2) is 0 Å². The molecule has 1 aliphatic heterocycles. The van der Waals surface area contributed by atoms with Gasteiger partial charge in [-0.3, -0.25) is 9.89 Å². The second-order valence-corrected chi connectivity index (χ2v) is 7.72. The molecule has 6 nitrogen and oxygen atoms in total. The van der Waals surface area contributed by atoms with Crippen LogP contribution in [0.25, 0.3) is 11.3 Å². The lowest BCUT2D eigenvalue weighted by molar-refractivity contribution is 0.102. The zero-order valence-corrected chi connectivity index (χ0v) is 16.6. The fourth-order valence-electron chi connectivity index (χ4n) is 3.11. The van der Waals surface area contributed by atoms with Crippen molar-refractivity contribution in [3.8, 4) is 22.8 Å². The zero-order chi connectivity index (χ0) is 20.3. The second-order valence-electron chi connectivity index (χ2n) is 6.60. The van der Waals surface area contributed by atoms with Crippen LogP contribution in [0.3, 0.4) is 0 Å². The Hall–Kier alpha value is -3.71. The highest BCUT2D eigenvalue weighted by atomic mass is 32.2. The van der Waals surface area contributed by atoms with Crippen LogP contribution in [0, 0.1) is 0 Å². The molecule has 0 saturated carbocycles. The molecule has 1 amide bonds. The number of aromatic nitrogens is 2. The minimum absolute atomic E-state index is 0.216. The Morgan fingerprint density at radius 2 is 1.73 bits per heavy atom. The largest absolute Gasteiger partial charge is 0.454 e. The average Bonchev–Trinajstić information content (AvgIpc) is 3.45. The summed E-state index contributed by atoms with van der Waals surface area (Å²) in [6.45, 7) is 0.216. The van der Waals surface area contributed by atoms with E-state index in [4.69, 9.17) is 9.47 Å². The van der Waals surface area contributed by atoms with Gasteiger partial charge in [0.05, 0.1) is 11.4 Å². The van der Waals surface area contributed by atoms with Crippen LogP contribution in [-0.4, -0.2) is 22.9 Å². The van der Waals surface area contributed by atoms with Crippen LogP contribution in [0.5, 0.6) is 11.5 Å². The molecule has 0 unspecified atom stereocenters. The second kappa shape index (κ2) is 7.96. The Bertz CT molecular complexity index is 1210. The minimum atomic E-state index is -0.254. The summed E-state index contributed by atoms with van der Waals surface area (Å²) in [7, 11) is 0. The summed E-state index contributed by atoms with van der Waals surface area (Å²) in [6.07, 6.45) is 0. The van der Waals surface area contributed by atoms with Crippen LogP contribution in [0.2, 0.25) is 0 Å². The Morgan fingerprint density at radius 3 is 2.63 bits per heavy atom. The fraction of sp³-hybridized carbons (Fsp3) is 0.0435. The molecule has 0 atom stereocenters. The van der Waals surface area contributed by atoms with Crippen LogP contribution >= 0.6 is 11.8 Å². The quantitative estimate of drug-likeness (QED) is 0.468. The van der Waals surface area contributed by atoms with Crippen molar-refractivity contribution in [1.82, 2.24) is 10.2 Å². The average molecular weight is 415 g/mol. The van der Waals surface area contributed by atoms with E-state index in [9.17, 15) is 4.79 Å². The SMILES string of the molecule is O=C(Nc1ccccc1Sc1ccccc1)c1cc(-c2ccc3c(c2)OCO3)n[nH]1. The van der Waals surface area contributed by atoms with Crippen molar-refractivity contribution in [2.75, 3.05) is 12.1 Å². The number of hydrogen-bond donors (Lipinski definition) is 2. The molecule has 2 N–H and O–H groups in total. The molecule has 0 bridgehead atoms. The molecule has 2 heterocycles.